The molecule has 1 aliphatic rings. The Kier molecular flexibility index (Phi) is 7.48. The number of carbonyl (C=O) groups excluding carboxylic acids is 2. The van der Waals surface area contributed by atoms with E-state index in [0.717, 1.165) is 22.3 Å². The summed E-state index contributed by atoms with van der Waals surface area (Å²) in [5.41, 5.74) is 4.41. The molecule has 0 aliphatic heterocycles. The summed E-state index contributed by atoms with van der Waals surface area (Å²) in [6, 6.07) is 13.8. The van der Waals surface area contributed by atoms with E-state index in [-0.39, 0.29) is 25.0 Å². The molecule has 0 spiro atoms. The van der Waals surface area contributed by atoms with E-state index in [4.69, 9.17) is 9.47 Å². The molecule has 3 N–H and O–H groups in total. The fraction of sp³-hybridized carbons (Fsp3) is 0.375. The first-order valence-corrected chi connectivity index (χ1v) is 10.5. The van der Waals surface area contributed by atoms with E-state index < -0.39 is 30.1 Å². The maximum Gasteiger partial charge on any atom is 0.407 e. The lowest BCUT2D eigenvalue weighted by Crippen LogP contribution is -2.54. The molecule has 32 heavy (non-hydrogen) atoms. The number of nitrogens with one attached hydrogen (secondary N) is 2. The topological polar surface area (TPSA) is 114 Å². The van der Waals surface area contributed by atoms with Gasteiger partial charge in [-0.1, -0.05) is 62.4 Å². The number of methoxy groups -OCH3 is 1. The number of benzene rings is 2. The van der Waals surface area contributed by atoms with Crippen molar-refractivity contribution in [3.8, 4) is 11.1 Å². The van der Waals surface area contributed by atoms with Crippen molar-refractivity contribution in [2.45, 2.75) is 31.8 Å². The number of carboxylic acid groups (broad SMARTS) is 1. The van der Waals surface area contributed by atoms with Gasteiger partial charge in [0.05, 0.1) is 6.61 Å². The van der Waals surface area contributed by atoms with Gasteiger partial charge in [0.2, 0.25) is 5.91 Å². The molecule has 1 aliphatic carbocycles. The predicted octanol–water partition coefficient (Wildman–Crippen LogP) is 2.77. The van der Waals surface area contributed by atoms with E-state index >= 15 is 0 Å². The number of carbonyl (C=O) groups is 3. The van der Waals surface area contributed by atoms with Gasteiger partial charge in [-0.05, 0) is 28.2 Å². The monoisotopic (exact) mass is 440 g/mol. The third kappa shape index (κ3) is 5.08. The quantitative estimate of drug-likeness (QED) is 0.553. The van der Waals surface area contributed by atoms with Crippen molar-refractivity contribution in [1.29, 1.82) is 0 Å². The molecule has 0 fully saturated rings. The lowest BCUT2D eigenvalue weighted by Gasteiger charge is -2.24. The summed E-state index contributed by atoms with van der Waals surface area (Å²) >= 11 is 0. The first-order chi connectivity index (χ1) is 15.3. The minimum Gasteiger partial charge on any atom is -0.480 e. The second-order valence-corrected chi connectivity index (χ2v) is 8.05. The zero-order valence-electron chi connectivity index (χ0n) is 18.3. The highest BCUT2D eigenvalue weighted by atomic mass is 16.5. The summed E-state index contributed by atoms with van der Waals surface area (Å²) in [7, 11) is 1.34. The zero-order chi connectivity index (χ0) is 23.3. The van der Waals surface area contributed by atoms with Gasteiger partial charge in [-0.25, -0.2) is 9.59 Å². The smallest absolute Gasteiger partial charge is 0.407 e. The molecule has 0 bridgehead atoms. The first-order valence-electron chi connectivity index (χ1n) is 10.5. The van der Waals surface area contributed by atoms with Gasteiger partial charge in [-0.2, -0.15) is 0 Å². The van der Waals surface area contributed by atoms with Crippen molar-refractivity contribution in [1.82, 2.24) is 10.6 Å². The van der Waals surface area contributed by atoms with Crippen LogP contribution in [0.5, 0.6) is 0 Å². The summed E-state index contributed by atoms with van der Waals surface area (Å²) in [4.78, 5) is 36.4. The Morgan fingerprint density at radius 3 is 2.03 bits per heavy atom. The van der Waals surface area contributed by atoms with E-state index in [1.807, 2.05) is 48.5 Å². The van der Waals surface area contributed by atoms with Gasteiger partial charge in [0.1, 0.15) is 12.6 Å². The van der Waals surface area contributed by atoms with E-state index in [2.05, 4.69) is 10.6 Å². The summed E-state index contributed by atoms with van der Waals surface area (Å²) in [5.74, 6) is -2.22. The Labute approximate surface area is 186 Å². The Hall–Kier alpha value is -3.39. The molecule has 0 aromatic heterocycles. The van der Waals surface area contributed by atoms with Crippen molar-refractivity contribution < 1.29 is 29.0 Å². The number of hydrogen-bond acceptors (Lipinski definition) is 5. The van der Waals surface area contributed by atoms with Crippen LogP contribution in [0.2, 0.25) is 0 Å². The number of amides is 2. The van der Waals surface area contributed by atoms with Crippen molar-refractivity contribution in [2.24, 2.45) is 5.92 Å². The molecule has 2 aromatic carbocycles. The number of ether oxygens (including phenoxy) is 2. The van der Waals surface area contributed by atoms with Gasteiger partial charge in [-0.3, -0.25) is 4.79 Å². The number of carboxylic acids is 1. The minimum atomic E-state index is -1.22. The Balaban J connectivity index is 1.65. The van der Waals surface area contributed by atoms with E-state index in [1.54, 1.807) is 13.8 Å². The molecule has 3 rings (SSSR count). The highest BCUT2D eigenvalue weighted by molar-refractivity contribution is 5.89. The second kappa shape index (κ2) is 10.3. The number of aliphatic carboxylic acids is 1. The van der Waals surface area contributed by atoms with Crippen molar-refractivity contribution in [3.05, 3.63) is 59.7 Å². The Morgan fingerprint density at radius 1 is 0.969 bits per heavy atom. The summed E-state index contributed by atoms with van der Waals surface area (Å²) in [5, 5.41) is 14.2. The average molecular weight is 440 g/mol. The summed E-state index contributed by atoms with van der Waals surface area (Å²) in [6.07, 6.45) is -0.737. The standard InChI is InChI=1S/C24H28N2O6/c1-14(2)21(22(27)25-20(13-31-3)23(28)29)26-24(30)32-12-19-17-10-6-4-8-15(17)16-9-5-7-11-18(16)19/h4-11,14,19-21H,12-13H2,1-3H3,(H,25,27)(H,26,30)(H,28,29)/t20-,21?/m0/s1. The number of alkyl carbamates (subject to hydrolysis) is 1. The largest absolute Gasteiger partial charge is 0.480 e. The molecule has 0 radical (unpaired) electrons. The Bertz CT molecular complexity index is 944. The molecule has 2 aromatic rings. The highest BCUT2D eigenvalue weighted by Gasteiger charge is 2.31. The van der Waals surface area contributed by atoms with Gasteiger partial charge in [0.25, 0.3) is 0 Å². The third-order valence-electron chi connectivity index (χ3n) is 5.51. The van der Waals surface area contributed by atoms with E-state index in [0.29, 0.717) is 0 Å². The van der Waals surface area contributed by atoms with Crippen molar-refractivity contribution in [2.75, 3.05) is 20.3 Å². The molecular formula is C24H28N2O6. The molecule has 0 saturated heterocycles. The van der Waals surface area contributed by atoms with Crippen LogP contribution in [-0.4, -0.2) is 55.5 Å². The Morgan fingerprint density at radius 2 is 1.53 bits per heavy atom. The van der Waals surface area contributed by atoms with E-state index in [9.17, 15) is 19.5 Å². The van der Waals surface area contributed by atoms with Gasteiger partial charge in [-0.15, -0.1) is 0 Å². The predicted molar refractivity (Wildman–Crippen MR) is 118 cm³/mol. The summed E-state index contributed by atoms with van der Waals surface area (Å²) in [6.45, 7) is 3.44. The number of rotatable bonds is 9. The lowest BCUT2D eigenvalue weighted by atomic mass is 9.98. The van der Waals surface area contributed by atoms with Crippen LogP contribution < -0.4 is 10.6 Å². The van der Waals surface area contributed by atoms with Gasteiger partial charge in [0.15, 0.2) is 6.04 Å². The minimum absolute atomic E-state index is 0.0995. The molecule has 8 nitrogen and oxygen atoms in total. The third-order valence-corrected chi connectivity index (χ3v) is 5.51. The second-order valence-electron chi connectivity index (χ2n) is 8.05. The maximum absolute atomic E-state index is 12.6. The number of fused-ring (bicyclic) bond motifs is 3. The normalized spacial score (nSPS) is 14.2. The van der Waals surface area contributed by atoms with Crippen LogP contribution in [0.15, 0.2) is 48.5 Å². The molecule has 0 heterocycles. The molecule has 2 amide bonds. The van der Waals surface area contributed by atoms with Crippen LogP contribution in [-0.2, 0) is 19.1 Å². The van der Waals surface area contributed by atoms with Crippen LogP contribution in [0, 0.1) is 5.92 Å². The van der Waals surface area contributed by atoms with Gasteiger partial charge >= 0.3 is 12.1 Å². The zero-order valence-corrected chi connectivity index (χ0v) is 18.3. The van der Waals surface area contributed by atoms with Crippen LogP contribution in [0.3, 0.4) is 0 Å². The van der Waals surface area contributed by atoms with Crippen LogP contribution in [0.1, 0.15) is 30.9 Å². The highest BCUT2D eigenvalue weighted by Crippen LogP contribution is 2.44. The molecule has 0 saturated carbocycles. The van der Waals surface area contributed by atoms with E-state index in [1.165, 1.54) is 7.11 Å². The van der Waals surface area contributed by atoms with Crippen LogP contribution >= 0.6 is 0 Å². The van der Waals surface area contributed by atoms with Crippen molar-refractivity contribution in [3.63, 3.8) is 0 Å². The molecule has 170 valence electrons. The molecule has 2 atom stereocenters. The SMILES string of the molecule is COC[C@H](NC(=O)C(NC(=O)OCC1c2ccccc2-c2ccccc21)C(C)C)C(=O)O. The number of hydrogen-bond donors (Lipinski definition) is 3. The van der Waals surface area contributed by atoms with Crippen LogP contribution in [0.4, 0.5) is 4.79 Å². The van der Waals surface area contributed by atoms with Crippen LogP contribution in [0.25, 0.3) is 11.1 Å². The summed E-state index contributed by atoms with van der Waals surface area (Å²) < 4.78 is 10.3. The first kappa shape index (κ1) is 23.3. The van der Waals surface area contributed by atoms with Gasteiger partial charge in [0, 0.05) is 13.0 Å². The van der Waals surface area contributed by atoms with Crippen molar-refractivity contribution >= 4 is 18.0 Å². The fourth-order valence-corrected chi connectivity index (χ4v) is 3.90. The van der Waals surface area contributed by atoms with Gasteiger partial charge < -0.3 is 25.2 Å². The molecule has 8 heteroatoms. The lowest BCUT2D eigenvalue weighted by molar-refractivity contribution is -0.143. The molecule has 1 unspecified atom stereocenters. The average Bonchev–Trinajstić information content (AvgIpc) is 3.09. The fourth-order valence-electron chi connectivity index (χ4n) is 3.90. The molecular weight excluding hydrogens is 412 g/mol. The maximum atomic E-state index is 12.6.